The van der Waals surface area contributed by atoms with E-state index in [1.165, 1.54) is 289 Å². The Morgan fingerprint density at radius 1 is 0.266 bits per heavy atom. The second-order valence-electron chi connectivity index (χ2n) is 33.5. The van der Waals surface area contributed by atoms with E-state index in [1.54, 1.807) is 0 Å². The number of aliphatic hydroxyl groups is 1. The molecule has 109 heavy (non-hydrogen) atoms. The maximum absolute atomic E-state index is 13.2. The van der Waals surface area contributed by atoms with Crippen molar-refractivity contribution in [3.05, 3.63) is 0 Å². The van der Waals surface area contributed by atoms with Gasteiger partial charge in [0.05, 0.1) is 26.4 Å². The smallest absolute Gasteiger partial charge is 0.462 e. The lowest BCUT2D eigenvalue weighted by Gasteiger charge is -2.21. The number of phosphoric ester groups is 2. The van der Waals surface area contributed by atoms with Crippen LogP contribution in [0.25, 0.3) is 0 Å². The molecule has 19 heteroatoms. The fourth-order valence-corrected chi connectivity index (χ4v) is 15.6. The van der Waals surface area contributed by atoms with E-state index in [9.17, 15) is 43.2 Å². The van der Waals surface area contributed by atoms with Crippen LogP contribution in [0.4, 0.5) is 0 Å². The molecule has 3 unspecified atom stereocenters. The Bertz CT molecular complexity index is 2100. The van der Waals surface area contributed by atoms with Gasteiger partial charge in [-0.2, -0.15) is 0 Å². The van der Waals surface area contributed by atoms with E-state index < -0.39 is 97.5 Å². The first-order chi connectivity index (χ1) is 52.8. The van der Waals surface area contributed by atoms with E-state index in [4.69, 9.17) is 37.0 Å². The second-order valence-corrected chi connectivity index (χ2v) is 36.4. The molecular formula is C90H176O17P2. The number of unbranched alkanes of at least 4 members (excludes halogenated alkanes) is 55. The molecule has 0 aliphatic rings. The number of esters is 4. The molecule has 0 aromatic heterocycles. The van der Waals surface area contributed by atoms with E-state index in [2.05, 4.69) is 48.5 Å². The highest BCUT2D eigenvalue weighted by molar-refractivity contribution is 7.47. The fraction of sp³-hybridized carbons (Fsp3) is 0.956. The Hall–Kier alpha value is -1.94. The molecule has 6 atom stereocenters. The number of rotatable bonds is 88. The summed E-state index contributed by atoms with van der Waals surface area (Å²) in [6, 6.07) is 0. The van der Waals surface area contributed by atoms with Crippen molar-refractivity contribution in [2.75, 3.05) is 39.6 Å². The lowest BCUT2D eigenvalue weighted by Crippen LogP contribution is -2.30. The zero-order valence-corrected chi connectivity index (χ0v) is 73.8. The Morgan fingerprint density at radius 2 is 0.468 bits per heavy atom. The van der Waals surface area contributed by atoms with Gasteiger partial charge in [0.2, 0.25) is 0 Å². The lowest BCUT2D eigenvalue weighted by atomic mass is 9.99. The van der Waals surface area contributed by atoms with Gasteiger partial charge in [0.15, 0.2) is 12.2 Å². The van der Waals surface area contributed by atoms with Crippen LogP contribution in [-0.2, 0) is 65.4 Å². The van der Waals surface area contributed by atoms with Crippen LogP contribution in [-0.4, -0.2) is 96.7 Å². The van der Waals surface area contributed by atoms with Crippen LogP contribution >= 0.6 is 15.6 Å². The summed E-state index contributed by atoms with van der Waals surface area (Å²) in [5.74, 6) is 0.311. The predicted molar refractivity (Wildman–Crippen MR) is 451 cm³/mol. The van der Waals surface area contributed by atoms with Crippen molar-refractivity contribution >= 4 is 39.5 Å². The molecule has 0 spiro atoms. The quantitative estimate of drug-likeness (QED) is 0.0222. The number of phosphoric acid groups is 2. The first-order valence-electron chi connectivity index (χ1n) is 46.4. The molecule has 3 N–H and O–H groups in total. The number of carbonyl (C=O) groups excluding carboxylic acids is 4. The summed E-state index contributed by atoms with van der Waals surface area (Å²) < 4.78 is 69.0. The molecule has 17 nitrogen and oxygen atoms in total. The van der Waals surface area contributed by atoms with Crippen LogP contribution in [0, 0.1) is 17.8 Å². The van der Waals surface area contributed by atoms with Crippen LogP contribution in [0.5, 0.6) is 0 Å². The third-order valence-electron chi connectivity index (χ3n) is 21.5. The molecule has 0 bridgehead atoms. The maximum Gasteiger partial charge on any atom is 0.472 e. The van der Waals surface area contributed by atoms with Gasteiger partial charge < -0.3 is 33.8 Å². The molecular weight excluding hydrogens is 1410 g/mol. The summed E-state index contributed by atoms with van der Waals surface area (Å²) in [6.07, 6.45) is 72.2. The van der Waals surface area contributed by atoms with Crippen molar-refractivity contribution in [1.82, 2.24) is 0 Å². The lowest BCUT2D eigenvalue weighted by molar-refractivity contribution is -0.161. The number of aliphatic hydroxyl groups excluding tert-OH is 1. The van der Waals surface area contributed by atoms with E-state index in [0.717, 1.165) is 108 Å². The third kappa shape index (κ3) is 82.4. The average Bonchev–Trinajstić information content (AvgIpc) is 0.898. The van der Waals surface area contributed by atoms with Gasteiger partial charge in [-0.1, -0.05) is 427 Å². The Kier molecular flexibility index (Phi) is 78.5. The maximum atomic E-state index is 13.2. The number of hydrogen-bond acceptors (Lipinski definition) is 15. The van der Waals surface area contributed by atoms with E-state index in [0.29, 0.717) is 25.7 Å². The number of carbonyl (C=O) groups is 4. The number of ether oxygens (including phenoxy) is 4. The van der Waals surface area contributed by atoms with Crippen molar-refractivity contribution in [2.45, 2.75) is 497 Å². The Morgan fingerprint density at radius 3 is 0.697 bits per heavy atom. The molecule has 0 aliphatic carbocycles. The van der Waals surface area contributed by atoms with Gasteiger partial charge in [0.1, 0.15) is 19.3 Å². The minimum atomic E-state index is -4.97. The average molecular weight is 1590 g/mol. The third-order valence-corrected chi connectivity index (χ3v) is 23.4. The zero-order valence-electron chi connectivity index (χ0n) is 72.0. The predicted octanol–water partition coefficient (Wildman–Crippen LogP) is 27.6. The van der Waals surface area contributed by atoms with Crippen molar-refractivity contribution < 1.29 is 80.2 Å². The van der Waals surface area contributed by atoms with Crippen molar-refractivity contribution in [1.29, 1.82) is 0 Å². The Balaban J connectivity index is 5.25. The molecule has 0 radical (unpaired) electrons. The number of hydrogen-bond donors (Lipinski definition) is 3. The molecule has 0 heterocycles. The molecule has 0 aromatic carbocycles. The van der Waals surface area contributed by atoms with Crippen molar-refractivity contribution in [3.63, 3.8) is 0 Å². The molecule has 0 aliphatic heterocycles. The molecule has 0 aromatic rings. The standard InChI is InChI=1S/C90H176O17P2/c1-8-10-11-12-13-14-15-16-17-18-22-25-31-36-43-50-57-64-71-87(92)100-77-85(106-89(94)73-66-59-52-44-37-32-26-23-20-19-21-24-30-35-42-49-56-63-70-83(7)9-2)79-104-108(96,97)102-75-84(91)76-103-109(98,99)105-80-86(78-101-88(93)72-65-58-51-46-39-41-48-55-62-69-82(5)6)107-90(95)74-67-60-53-45-38-33-28-27-29-34-40-47-54-61-68-81(3)4/h81-86,91H,8-80H2,1-7H3,(H,96,97)(H,98,99)/t83?,84-,85-,86-/m1/s1. The summed E-state index contributed by atoms with van der Waals surface area (Å²) in [5, 5.41) is 10.7. The van der Waals surface area contributed by atoms with E-state index in [1.807, 2.05) is 0 Å². The summed E-state index contributed by atoms with van der Waals surface area (Å²) in [5.41, 5.74) is 0. The van der Waals surface area contributed by atoms with E-state index in [-0.39, 0.29) is 25.7 Å². The normalized spacial score (nSPS) is 14.1. The first-order valence-corrected chi connectivity index (χ1v) is 49.4. The molecule has 0 saturated carbocycles. The van der Waals surface area contributed by atoms with Gasteiger partial charge in [0, 0.05) is 25.7 Å². The van der Waals surface area contributed by atoms with Gasteiger partial charge in [-0.25, -0.2) is 9.13 Å². The van der Waals surface area contributed by atoms with Gasteiger partial charge in [-0.15, -0.1) is 0 Å². The highest BCUT2D eigenvalue weighted by Gasteiger charge is 2.31. The van der Waals surface area contributed by atoms with Crippen molar-refractivity contribution in [3.8, 4) is 0 Å². The van der Waals surface area contributed by atoms with E-state index >= 15 is 0 Å². The topological polar surface area (TPSA) is 237 Å². The SMILES string of the molecule is CCCCCCCCCCCCCCCCCCCCC(=O)OC[C@H](COP(=O)(O)OC[C@@H](O)COP(=O)(O)OC[C@@H](COC(=O)CCCCCCCCCCCC(C)C)OC(=O)CCCCCCCCCCCCCCCCC(C)C)OC(=O)CCCCCCCCCCCCCCCCCCCCC(C)CC. The minimum Gasteiger partial charge on any atom is -0.462 e. The van der Waals surface area contributed by atoms with Crippen LogP contribution in [0.1, 0.15) is 479 Å². The summed E-state index contributed by atoms with van der Waals surface area (Å²) in [6.45, 7) is 12.1. The molecule has 648 valence electrons. The molecule has 0 amide bonds. The van der Waals surface area contributed by atoms with Crippen LogP contribution in [0.15, 0.2) is 0 Å². The van der Waals surface area contributed by atoms with Crippen LogP contribution in [0.2, 0.25) is 0 Å². The van der Waals surface area contributed by atoms with Crippen molar-refractivity contribution in [2.24, 2.45) is 17.8 Å². The summed E-state index contributed by atoms with van der Waals surface area (Å²) in [7, 11) is -9.94. The largest absolute Gasteiger partial charge is 0.472 e. The molecule has 0 rings (SSSR count). The second kappa shape index (κ2) is 79.9. The molecule has 0 saturated heterocycles. The molecule has 0 fully saturated rings. The van der Waals surface area contributed by atoms with Crippen LogP contribution < -0.4 is 0 Å². The highest BCUT2D eigenvalue weighted by Crippen LogP contribution is 2.45. The zero-order chi connectivity index (χ0) is 80.0. The first kappa shape index (κ1) is 107. The van der Waals surface area contributed by atoms with Gasteiger partial charge in [-0.3, -0.25) is 37.3 Å². The van der Waals surface area contributed by atoms with Gasteiger partial charge >= 0.3 is 39.5 Å². The summed E-state index contributed by atoms with van der Waals surface area (Å²) >= 11 is 0. The fourth-order valence-electron chi connectivity index (χ4n) is 14.0. The summed E-state index contributed by atoms with van der Waals surface area (Å²) in [4.78, 5) is 73.4. The Labute approximate surface area is 670 Å². The highest BCUT2D eigenvalue weighted by atomic mass is 31.2. The monoisotopic (exact) mass is 1590 g/mol. The van der Waals surface area contributed by atoms with Gasteiger partial charge in [0.25, 0.3) is 0 Å². The van der Waals surface area contributed by atoms with Crippen LogP contribution in [0.3, 0.4) is 0 Å². The van der Waals surface area contributed by atoms with Gasteiger partial charge in [-0.05, 0) is 43.4 Å². The minimum absolute atomic E-state index is 0.107.